The number of rotatable bonds is 3. The summed E-state index contributed by atoms with van der Waals surface area (Å²) in [6, 6.07) is 4.96. The summed E-state index contributed by atoms with van der Waals surface area (Å²) in [6.07, 6.45) is 0. The summed E-state index contributed by atoms with van der Waals surface area (Å²) in [7, 11) is 0. The second-order valence-corrected chi connectivity index (χ2v) is 5.73. The van der Waals surface area contributed by atoms with Crippen LogP contribution in [0.3, 0.4) is 0 Å². The van der Waals surface area contributed by atoms with Crippen LogP contribution in [-0.2, 0) is 4.79 Å². The highest BCUT2D eigenvalue weighted by Crippen LogP contribution is 2.20. The zero-order valence-electron chi connectivity index (χ0n) is 10.8. The molecule has 5 nitrogen and oxygen atoms in total. The van der Waals surface area contributed by atoms with Gasteiger partial charge in [-0.15, -0.1) is 0 Å². The Hall–Kier alpha value is -1.11. The van der Waals surface area contributed by atoms with Crippen molar-refractivity contribution in [1.82, 2.24) is 15.5 Å². The number of benzene rings is 1. The number of piperazine rings is 1. The van der Waals surface area contributed by atoms with Crippen molar-refractivity contribution in [3.63, 3.8) is 0 Å². The number of hydrogen-bond acceptors (Lipinski definition) is 3. The Kier molecular flexibility index (Phi) is 5.39. The molecule has 2 rings (SSSR count). The minimum Gasteiger partial charge on any atom is -0.343 e. The van der Waals surface area contributed by atoms with Gasteiger partial charge in [-0.1, -0.05) is 11.6 Å². The van der Waals surface area contributed by atoms with Crippen molar-refractivity contribution in [2.45, 2.75) is 0 Å². The molecule has 1 saturated heterocycles. The Morgan fingerprint density at radius 2 is 2.05 bits per heavy atom. The molecule has 0 saturated carbocycles. The van der Waals surface area contributed by atoms with Gasteiger partial charge >= 0.3 is 0 Å². The predicted octanol–water partition coefficient (Wildman–Crippen LogP) is 1.26. The Morgan fingerprint density at radius 1 is 1.35 bits per heavy atom. The maximum atomic E-state index is 12.0. The molecule has 0 radical (unpaired) electrons. The lowest BCUT2D eigenvalue weighted by Crippen LogP contribution is -2.49. The van der Waals surface area contributed by atoms with Crippen LogP contribution in [0.4, 0.5) is 0 Å². The van der Waals surface area contributed by atoms with Gasteiger partial charge in [0.2, 0.25) is 5.91 Å². The number of hydrogen-bond donors (Lipinski definition) is 2. The van der Waals surface area contributed by atoms with E-state index in [1.165, 1.54) is 0 Å². The fourth-order valence-electron chi connectivity index (χ4n) is 1.95. The largest absolute Gasteiger partial charge is 0.343 e. The van der Waals surface area contributed by atoms with Gasteiger partial charge in [-0.2, -0.15) is 0 Å². The highest BCUT2D eigenvalue weighted by atomic mass is 79.9. The van der Waals surface area contributed by atoms with Crippen LogP contribution >= 0.6 is 27.5 Å². The van der Waals surface area contributed by atoms with E-state index >= 15 is 0 Å². The fraction of sp³-hybridized carbons (Fsp3) is 0.385. The van der Waals surface area contributed by atoms with E-state index in [4.69, 9.17) is 11.6 Å². The molecule has 7 heteroatoms. The lowest BCUT2D eigenvalue weighted by molar-refractivity contribution is -0.130. The van der Waals surface area contributed by atoms with Crippen LogP contribution in [0.25, 0.3) is 0 Å². The number of amides is 2. The molecular formula is C13H15BrClN3O2. The van der Waals surface area contributed by atoms with E-state index in [2.05, 4.69) is 26.6 Å². The van der Waals surface area contributed by atoms with E-state index in [1.54, 1.807) is 23.1 Å². The van der Waals surface area contributed by atoms with Crippen LogP contribution in [0.15, 0.2) is 22.7 Å². The molecule has 0 spiro atoms. The molecule has 1 aromatic carbocycles. The lowest BCUT2D eigenvalue weighted by Gasteiger charge is -2.27. The van der Waals surface area contributed by atoms with E-state index in [9.17, 15) is 9.59 Å². The van der Waals surface area contributed by atoms with Crippen LogP contribution in [0.2, 0.25) is 5.02 Å². The van der Waals surface area contributed by atoms with Gasteiger partial charge in [0.25, 0.3) is 5.91 Å². The van der Waals surface area contributed by atoms with Crippen molar-refractivity contribution >= 4 is 39.3 Å². The van der Waals surface area contributed by atoms with Gasteiger partial charge in [0.15, 0.2) is 0 Å². The average molecular weight is 361 g/mol. The summed E-state index contributed by atoms with van der Waals surface area (Å²) in [5.74, 6) is -0.388. The smallest absolute Gasteiger partial charge is 0.252 e. The van der Waals surface area contributed by atoms with Gasteiger partial charge in [0, 0.05) is 35.7 Å². The van der Waals surface area contributed by atoms with Crippen molar-refractivity contribution in [2.24, 2.45) is 0 Å². The molecule has 0 aromatic heterocycles. The Bertz CT molecular complexity index is 518. The first-order valence-electron chi connectivity index (χ1n) is 6.29. The zero-order valence-corrected chi connectivity index (χ0v) is 13.1. The molecule has 20 heavy (non-hydrogen) atoms. The van der Waals surface area contributed by atoms with Crippen molar-refractivity contribution in [3.8, 4) is 0 Å². The number of halogens is 2. The van der Waals surface area contributed by atoms with Crippen molar-refractivity contribution in [3.05, 3.63) is 33.3 Å². The molecule has 0 aliphatic carbocycles. The van der Waals surface area contributed by atoms with Crippen molar-refractivity contribution in [2.75, 3.05) is 32.7 Å². The van der Waals surface area contributed by atoms with Crippen molar-refractivity contribution < 1.29 is 9.59 Å². The maximum absolute atomic E-state index is 12.0. The summed E-state index contributed by atoms with van der Waals surface area (Å²) >= 11 is 9.15. The molecule has 0 bridgehead atoms. The summed E-state index contributed by atoms with van der Waals surface area (Å²) in [5.41, 5.74) is 0.422. The van der Waals surface area contributed by atoms with E-state index in [1.807, 2.05) is 0 Å². The molecule has 2 amide bonds. The van der Waals surface area contributed by atoms with Crippen molar-refractivity contribution in [1.29, 1.82) is 0 Å². The molecule has 1 fully saturated rings. The topological polar surface area (TPSA) is 61.4 Å². The number of nitrogens with zero attached hydrogens (tertiary/aromatic N) is 1. The third-order valence-corrected chi connectivity index (χ3v) is 3.97. The van der Waals surface area contributed by atoms with Gasteiger partial charge in [-0.05, 0) is 34.1 Å². The fourth-order valence-corrected chi connectivity index (χ4v) is 2.55. The summed E-state index contributed by atoms with van der Waals surface area (Å²) < 4.78 is 0.647. The molecule has 1 heterocycles. The summed E-state index contributed by atoms with van der Waals surface area (Å²) in [6.45, 7) is 2.93. The number of carbonyl (C=O) groups is 2. The van der Waals surface area contributed by atoms with E-state index in [0.29, 0.717) is 28.1 Å². The lowest BCUT2D eigenvalue weighted by atomic mass is 10.2. The highest BCUT2D eigenvalue weighted by Gasteiger charge is 2.17. The highest BCUT2D eigenvalue weighted by molar-refractivity contribution is 9.10. The Labute approximate surface area is 130 Å². The second kappa shape index (κ2) is 7.06. The van der Waals surface area contributed by atoms with Gasteiger partial charge in [-0.3, -0.25) is 9.59 Å². The first-order chi connectivity index (χ1) is 9.58. The first-order valence-corrected chi connectivity index (χ1v) is 7.47. The minimum atomic E-state index is -0.317. The number of nitrogens with one attached hydrogen (secondary N) is 2. The van der Waals surface area contributed by atoms with Crippen LogP contribution in [0.5, 0.6) is 0 Å². The van der Waals surface area contributed by atoms with Gasteiger partial charge in [0.05, 0.1) is 12.1 Å². The number of carbonyl (C=O) groups excluding carboxylic acids is 2. The van der Waals surface area contributed by atoms with Crippen LogP contribution in [0.1, 0.15) is 10.4 Å². The molecule has 1 aliphatic rings. The maximum Gasteiger partial charge on any atom is 0.252 e. The predicted molar refractivity (Wildman–Crippen MR) is 80.9 cm³/mol. The van der Waals surface area contributed by atoms with Crippen LogP contribution in [-0.4, -0.2) is 49.4 Å². The zero-order chi connectivity index (χ0) is 14.5. The quantitative estimate of drug-likeness (QED) is 0.853. The van der Waals surface area contributed by atoms with Gasteiger partial charge in [-0.25, -0.2) is 0 Å². The Morgan fingerprint density at radius 3 is 2.75 bits per heavy atom. The van der Waals surface area contributed by atoms with Gasteiger partial charge in [0.1, 0.15) is 0 Å². The van der Waals surface area contributed by atoms with E-state index < -0.39 is 0 Å². The van der Waals surface area contributed by atoms with E-state index in [0.717, 1.165) is 13.1 Å². The third-order valence-electron chi connectivity index (χ3n) is 3.04. The molecule has 2 N–H and O–H groups in total. The molecule has 0 atom stereocenters. The monoisotopic (exact) mass is 359 g/mol. The third kappa shape index (κ3) is 3.94. The van der Waals surface area contributed by atoms with Crippen LogP contribution < -0.4 is 10.6 Å². The molecular weight excluding hydrogens is 346 g/mol. The summed E-state index contributed by atoms with van der Waals surface area (Å²) in [5, 5.41) is 6.28. The molecule has 0 unspecified atom stereocenters. The van der Waals surface area contributed by atoms with E-state index in [-0.39, 0.29) is 18.4 Å². The SMILES string of the molecule is O=C(NCC(=O)N1CCNCC1)c1cc(Cl)ccc1Br. The molecule has 1 aromatic rings. The Balaban J connectivity index is 1.91. The second-order valence-electron chi connectivity index (χ2n) is 4.44. The minimum absolute atomic E-state index is 0.00220. The molecule has 108 valence electrons. The average Bonchev–Trinajstić information content (AvgIpc) is 2.47. The first kappa shape index (κ1) is 15.3. The standard InChI is InChI=1S/C13H15BrClN3O2/c14-11-2-1-9(15)7-10(11)13(20)17-8-12(19)18-5-3-16-4-6-18/h1-2,7,16H,3-6,8H2,(H,17,20). The normalized spacial score (nSPS) is 15.0. The summed E-state index contributed by atoms with van der Waals surface area (Å²) in [4.78, 5) is 25.7. The van der Waals surface area contributed by atoms with Crippen LogP contribution in [0, 0.1) is 0 Å². The molecule has 1 aliphatic heterocycles. The van der Waals surface area contributed by atoms with Gasteiger partial charge < -0.3 is 15.5 Å².